The predicted molar refractivity (Wildman–Crippen MR) is 130 cm³/mol. The number of likely N-dealkylation sites (N-methyl/N-ethyl adjacent to an activating group) is 1. The van der Waals surface area contributed by atoms with Gasteiger partial charge in [0.2, 0.25) is 0 Å². The number of aromatic nitrogens is 1. The first-order valence-electron chi connectivity index (χ1n) is 10.4. The number of pyridine rings is 1. The van der Waals surface area contributed by atoms with Crippen LogP contribution in [0.4, 0.5) is 5.69 Å². The van der Waals surface area contributed by atoms with Gasteiger partial charge in [0, 0.05) is 51.7 Å². The molecule has 1 amide bonds. The van der Waals surface area contributed by atoms with Crippen molar-refractivity contribution < 1.29 is 9.90 Å². The fourth-order valence-electron chi connectivity index (χ4n) is 4.21. The second-order valence-electron chi connectivity index (χ2n) is 7.62. The number of thiocarbonyl (C=S) groups is 1. The summed E-state index contributed by atoms with van der Waals surface area (Å²) >= 11 is 6.60. The van der Waals surface area contributed by atoms with E-state index in [-0.39, 0.29) is 18.1 Å². The lowest BCUT2D eigenvalue weighted by atomic mass is 10.1. The van der Waals surface area contributed by atoms with Gasteiger partial charge in [-0.3, -0.25) is 19.4 Å². The topological polar surface area (TPSA) is 69.0 Å². The molecule has 4 rings (SSSR count). The van der Waals surface area contributed by atoms with Gasteiger partial charge in [-0.15, -0.1) is 0 Å². The molecule has 9 heteroatoms. The molecular formula is C22H26N4O3S2. The van der Waals surface area contributed by atoms with Crippen LogP contribution in [0, 0.1) is 0 Å². The molecule has 1 N–H and O–H groups in total. The molecule has 2 fully saturated rings. The molecule has 2 aliphatic rings. The molecule has 0 unspecified atom stereocenters. The predicted octanol–water partition coefficient (Wildman–Crippen LogP) is 1.87. The summed E-state index contributed by atoms with van der Waals surface area (Å²) in [5.41, 5.74) is 2.12. The van der Waals surface area contributed by atoms with Crippen LogP contribution in [-0.2, 0) is 11.8 Å². The number of aryl methyl sites for hydroxylation is 1. The standard InChI is InChI=1S/C22H26N4O3S2/c1-3-26-21(29)18(31-22(26)30)14-16-19(25-10-8-24(9-11-25)12-13-27)15-6-4-5-7-17(15)23(2)20(16)28/h4-7,14,27H,3,8-13H2,1-2H3. The van der Waals surface area contributed by atoms with Crippen molar-refractivity contribution in [1.29, 1.82) is 0 Å². The van der Waals surface area contributed by atoms with Crippen molar-refractivity contribution in [2.45, 2.75) is 6.92 Å². The minimum Gasteiger partial charge on any atom is -0.395 e. The maximum absolute atomic E-state index is 13.4. The van der Waals surface area contributed by atoms with E-state index in [1.165, 1.54) is 11.8 Å². The van der Waals surface area contributed by atoms with Gasteiger partial charge >= 0.3 is 0 Å². The van der Waals surface area contributed by atoms with Crippen molar-refractivity contribution in [2.24, 2.45) is 7.05 Å². The van der Waals surface area contributed by atoms with Crippen LogP contribution in [-0.4, -0.2) is 75.6 Å². The Morgan fingerprint density at radius 3 is 2.52 bits per heavy atom. The molecule has 1 aromatic carbocycles. The molecule has 3 heterocycles. The fourth-order valence-corrected chi connectivity index (χ4v) is 5.58. The maximum atomic E-state index is 13.4. The van der Waals surface area contributed by atoms with E-state index >= 15 is 0 Å². The number of hydrogen-bond acceptors (Lipinski definition) is 7. The lowest BCUT2D eigenvalue weighted by Crippen LogP contribution is -2.48. The van der Waals surface area contributed by atoms with Gasteiger partial charge in [0.15, 0.2) is 0 Å². The SMILES string of the molecule is CCN1C(=O)C(=Cc2c(N3CCN(CCO)CC3)c3ccccc3n(C)c2=O)SC1=S. The van der Waals surface area contributed by atoms with Gasteiger partial charge in [0.25, 0.3) is 11.5 Å². The van der Waals surface area contributed by atoms with E-state index in [0.29, 0.717) is 27.9 Å². The number of nitrogens with zero attached hydrogens (tertiary/aromatic N) is 4. The monoisotopic (exact) mass is 458 g/mol. The minimum absolute atomic E-state index is 0.131. The van der Waals surface area contributed by atoms with Crippen molar-refractivity contribution in [3.05, 3.63) is 45.1 Å². The Morgan fingerprint density at radius 1 is 1.16 bits per heavy atom. The third-order valence-corrected chi connectivity index (χ3v) is 7.26. The molecule has 31 heavy (non-hydrogen) atoms. The summed E-state index contributed by atoms with van der Waals surface area (Å²) < 4.78 is 2.17. The number of thioether (sulfide) groups is 1. The van der Waals surface area contributed by atoms with E-state index < -0.39 is 0 Å². The molecule has 0 spiro atoms. The van der Waals surface area contributed by atoms with E-state index in [4.69, 9.17) is 12.2 Å². The number of amides is 1. The van der Waals surface area contributed by atoms with E-state index in [1.54, 1.807) is 22.6 Å². The van der Waals surface area contributed by atoms with Crippen LogP contribution in [0.1, 0.15) is 12.5 Å². The van der Waals surface area contributed by atoms with E-state index in [1.807, 2.05) is 31.2 Å². The number of piperazine rings is 1. The zero-order valence-corrected chi connectivity index (χ0v) is 19.3. The van der Waals surface area contributed by atoms with Crippen LogP contribution in [0.15, 0.2) is 34.0 Å². The highest BCUT2D eigenvalue weighted by Crippen LogP contribution is 2.36. The summed E-state index contributed by atoms with van der Waals surface area (Å²) in [6.45, 7) is 6.29. The van der Waals surface area contributed by atoms with Gasteiger partial charge in [0.05, 0.1) is 28.3 Å². The number of anilines is 1. The average molecular weight is 459 g/mol. The molecule has 2 aromatic rings. The van der Waals surface area contributed by atoms with Crippen LogP contribution >= 0.6 is 24.0 Å². The Morgan fingerprint density at radius 2 is 1.87 bits per heavy atom. The molecule has 164 valence electrons. The molecule has 7 nitrogen and oxygen atoms in total. The summed E-state index contributed by atoms with van der Waals surface area (Å²) in [6, 6.07) is 7.87. The Bertz CT molecular complexity index is 1120. The molecule has 0 saturated carbocycles. The summed E-state index contributed by atoms with van der Waals surface area (Å²) in [4.78, 5) is 32.7. The zero-order valence-electron chi connectivity index (χ0n) is 17.7. The molecule has 2 saturated heterocycles. The average Bonchev–Trinajstić information content (AvgIpc) is 3.05. The van der Waals surface area contributed by atoms with Gasteiger partial charge in [-0.05, 0) is 19.1 Å². The Hall–Kier alpha value is -2.20. The van der Waals surface area contributed by atoms with Crippen molar-refractivity contribution in [2.75, 3.05) is 50.8 Å². The molecule has 0 atom stereocenters. The molecule has 0 aliphatic carbocycles. The maximum Gasteiger partial charge on any atom is 0.266 e. The van der Waals surface area contributed by atoms with E-state index in [0.717, 1.165) is 42.8 Å². The highest BCUT2D eigenvalue weighted by molar-refractivity contribution is 8.26. The van der Waals surface area contributed by atoms with Crippen LogP contribution in [0.25, 0.3) is 17.0 Å². The van der Waals surface area contributed by atoms with Crippen LogP contribution < -0.4 is 10.5 Å². The number of fused-ring (bicyclic) bond motifs is 1. The van der Waals surface area contributed by atoms with Crippen molar-refractivity contribution in [3.63, 3.8) is 0 Å². The van der Waals surface area contributed by atoms with Crippen molar-refractivity contribution in [3.8, 4) is 0 Å². The minimum atomic E-state index is -0.147. The number of carbonyl (C=O) groups is 1. The first-order chi connectivity index (χ1) is 15.0. The van der Waals surface area contributed by atoms with Crippen molar-refractivity contribution in [1.82, 2.24) is 14.4 Å². The second-order valence-corrected chi connectivity index (χ2v) is 9.30. The summed E-state index contributed by atoms with van der Waals surface area (Å²) in [6.07, 6.45) is 1.72. The van der Waals surface area contributed by atoms with Gasteiger partial charge in [0.1, 0.15) is 4.32 Å². The normalized spacial score (nSPS) is 19.3. The van der Waals surface area contributed by atoms with Gasteiger partial charge < -0.3 is 14.6 Å². The van der Waals surface area contributed by atoms with Crippen molar-refractivity contribution >= 4 is 56.9 Å². The number of carbonyl (C=O) groups excluding carboxylic acids is 1. The molecule has 1 aromatic heterocycles. The summed E-state index contributed by atoms with van der Waals surface area (Å²) in [5, 5.41) is 10.2. The van der Waals surface area contributed by atoms with E-state index in [2.05, 4.69) is 9.80 Å². The molecule has 2 aliphatic heterocycles. The lowest BCUT2D eigenvalue weighted by molar-refractivity contribution is -0.121. The molecule has 0 radical (unpaired) electrons. The Labute approximate surface area is 190 Å². The third kappa shape index (κ3) is 4.03. The first-order valence-corrected chi connectivity index (χ1v) is 11.6. The Balaban J connectivity index is 1.85. The molecule has 0 bridgehead atoms. The quantitative estimate of drug-likeness (QED) is 0.542. The van der Waals surface area contributed by atoms with Gasteiger partial charge in [-0.25, -0.2) is 0 Å². The smallest absolute Gasteiger partial charge is 0.266 e. The van der Waals surface area contributed by atoms with Gasteiger partial charge in [-0.1, -0.05) is 42.2 Å². The number of β-amino-alcohol motifs (C(OH)–C–C–N with tert-alkyl or cyclic N) is 1. The van der Waals surface area contributed by atoms with Crippen LogP contribution in [0.3, 0.4) is 0 Å². The first kappa shape index (κ1) is 22.0. The van der Waals surface area contributed by atoms with E-state index in [9.17, 15) is 14.7 Å². The molecular weight excluding hydrogens is 432 g/mol. The second kappa shape index (κ2) is 9.12. The number of para-hydroxylation sites is 1. The van der Waals surface area contributed by atoms with Crippen LogP contribution in [0.2, 0.25) is 0 Å². The highest BCUT2D eigenvalue weighted by atomic mass is 32.2. The number of aliphatic hydroxyl groups is 1. The lowest BCUT2D eigenvalue weighted by Gasteiger charge is -2.37. The van der Waals surface area contributed by atoms with Gasteiger partial charge in [-0.2, -0.15) is 0 Å². The largest absolute Gasteiger partial charge is 0.395 e. The number of rotatable bonds is 5. The fraction of sp³-hybridized carbons (Fsp3) is 0.409. The summed E-state index contributed by atoms with van der Waals surface area (Å²) in [5.74, 6) is -0.147. The zero-order chi connectivity index (χ0) is 22.1. The number of benzene rings is 1. The number of hydrogen-bond donors (Lipinski definition) is 1. The third-order valence-electron chi connectivity index (χ3n) is 5.88. The summed E-state index contributed by atoms with van der Waals surface area (Å²) in [7, 11) is 1.77. The highest BCUT2D eigenvalue weighted by Gasteiger charge is 2.32. The Kier molecular flexibility index (Phi) is 6.47. The van der Waals surface area contributed by atoms with Crippen LogP contribution in [0.5, 0.6) is 0 Å². The number of aliphatic hydroxyl groups excluding tert-OH is 1.